The van der Waals surface area contributed by atoms with E-state index in [4.69, 9.17) is 12.2 Å². The second kappa shape index (κ2) is 5.22. The first-order valence-electron chi connectivity index (χ1n) is 5.67. The monoisotopic (exact) mass is 297 g/mol. The summed E-state index contributed by atoms with van der Waals surface area (Å²) in [4.78, 5) is 15.7. The molecule has 1 N–H and O–H groups in total. The summed E-state index contributed by atoms with van der Waals surface area (Å²) >= 11 is 6.53. The Morgan fingerprint density at radius 2 is 2.26 bits per heavy atom. The van der Waals surface area contributed by atoms with Crippen molar-refractivity contribution in [3.63, 3.8) is 0 Å². The van der Waals surface area contributed by atoms with E-state index in [0.29, 0.717) is 16.4 Å². The first kappa shape index (κ1) is 13.9. The SMILES string of the molecule is CC1=C(C(=O)N(C)C)C(c2csnn2)NC(=S)N1C. The van der Waals surface area contributed by atoms with E-state index in [2.05, 4.69) is 14.9 Å². The molecule has 1 aromatic rings. The maximum Gasteiger partial charge on any atom is 0.253 e. The summed E-state index contributed by atoms with van der Waals surface area (Å²) in [5.41, 5.74) is 2.19. The van der Waals surface area contributed by atoms with Gasteiger partial charge in [-0.3, -0.25) is 4.79 Å². The minimum absolute atomic E-state index is 0.0580. The first-order chi connectivity index (χ1) is 8.93. The van der Waals surface area contributed by atoms with Crippen LogP contribution >= 0.6 is 23.8 Å². The largest absolute Gasteiger partial charge is 0.349 e. The highest BCUT2D eigenvalue weighted by molar-refractivity contribution is 7.80. The standard InChI is InChI=1S/C11H15N5OS2/c1-6-8(10(17)15(2)3)9(7-5-19-14-13-7)12-11(18)16(6)4/h5,9H,1-4H3,(H,12,18). The van der Waals surface area contributed by atoms with Crippen LogP contribution in [0.25, 0.3) is 0 Å². The summed E-state index contributed by atoms with van der Waals surface area (Å²) in [6, 6.07) is -0.336. The second-order valence-corrected chi connectivity index (χ2v) is 5.47. The predicted octanol–water partition coefficient (Wildman–Crippen LogP) is 0.761. The molecule has 0 saturated heterocycles. The smallest absolute Gasteiger partial charge is 0.253 e. The van der Waals surface area contributed by atoms with Gasteiger partial charge in [0.1, 0.15) is 11.7 Å². The molecule has 2 rings (SSSR count). The lowest BCUT2D eigenvalue weighted by atomic mass is 9.99. The lowest BCUT2D eigenvalue weighted by molar-refractivity contribution is -0.125. The maximum atomic E-state index is 12.4. The van der Waals surface area contributed by atoms with E-state index in [1.54, 1.807) is 23.9 Å². The molecule has 102 valence electrons. The van der Waals surface area contributed by atoms with Crippen molar-refractivity contribution in [1.29, 1.82) is 0 Å². The molecule has 1 aliphatic rings. The normalized spacial score (nSPS) is 19.5. The van der Waals surface area contributed by atoms with Gasteiger partial charge in [0.2, 0.25) is 0 Å². The van der Waals surface area contributed by atoms with Crippen molar-refractivity contribution < 1.29 is 4.79 Å². The van der Waals surface area contributed by atoms with Crippen molar-refractivity contribution in [3.05, 3.63) is 22.3 Å². The fraction of sp³-hybridized carbons (Fsp3) is 0.455. The van der Waals surface area contributed by atoms with Gasteiger partial charge in [0.25, 0.3) is 5.91 Å². The molecule has 1 aromatic heterocycles. The number of allylic oxidation sites excluding steroid dienone is 1. The number of nitrogens with one attached hydrogen (secondary N) is 1. The van der Waals surface area contributed by atoms with Gasteiger partial charge in [-0.15, -0.1) is 5.10 Å². The van der Waals surface area contributed by atoms with Crippen LogP contribution in [0.1, 0.15) is 18.7 Å². The van der Waals surface area contributed by atoms with E-state index >= 15 is 0 Å². The van der Waals surface area contributed by atoms with Gasteiger partial charge in [0.15, 0.2) is 5.11 Å². The van der Waals surface area contributed by atoms with Crippen molar-refractivity contribution in [2.45, 2.75) is 13.0 Å². The van der Waals surface area contributed by atoms with Gasteiger partial charge in [0.05, 0.1) is 5.57 Å². The topological polar surface area (TPSA) is 61.4 Å². The molecule has 0 fully saturated rings. The zero-order valence-electron chi connectivity index (χ0n) is 11.2. The highest BCUT2D eigenvalue weighted by atomic mass is 32.1. The van der Waals surface area contributed by atoms with Crippen LogP contribution in [0.3, 0.4) is 0 Å². The summed E-state index contributed by atoms with van der Waals surface area (Å²) in [6.45, 7) is 1.89. The van der Waals surface area contributed by atoms with Crippen LogP contribution in [0.15, 0.2) is 16.7 Å². The first-order valence-corrected chi connectivity index (χ1v) is 6.91. The summed E-state index contributed by atoms with van der Waals surface area (Å²) in [5, 5.41) is 9.59. The third kappa shape index (κ3) is 2.45. The molecule has 0 radical (unpaired) electrons. The molecule has 0 aromatic carbocycles. The molecule has 6 nitrogen and oxygen atoms in total. The predicted molar refractivity (Wildman–Crippen MR) is 77.5 cm³/mol. The molecule has 8 heteroatoms. The van der Waals surface area contributed by atoms with Crippen molar-refractivity contribution in [3.8, 4) is 0 Å². The van der Waals surface area contributed by atoms with E-state index in [1.165, 1.54) is 11.5 Å². The number of hydrogen-bond acceptors (Lipinski definition) is 5. The van der Waals surface area contributed by atoms with Crippen molar-refractivity contribution in [1.82, 2.24) is 24.7 Å². The van der Waals surface area contributed by atoms with Crippen molar-refractivity contribution in [2.75, 3.05) is 21.1 Å². The van der Waals surface area contributed by atoms with Crippen LogP contribution in [0.4, 0.5) is 0 Å². The molecule has 0 spiro atoms. The molecule has 1 atom stereocenters. The Morgan fingerprint density at radius 3 is 2.79 bits per heavy atom. The number of nitrogens with zero attached hydrogens (tertiary/aromatic N) is 4. The Kier molecular flexibility index (Phi) is 3.81. The molecule has 1 unspecified atom stereocenters. The molecule has 1 amide bonds. The number of rotatable bonds is 2. The van der Waals surface area contributed by atoms with Crippen LogP contribution in [0.5, 0.6) is 0 Å². The fourth-order valence-electron chi connectivity index (χ4n) is 1.87. The van der Waals surface area contributed by atoms with Crippen LogP contribution in [-0.2, 0) is 4.79 Å². The van der Waals surface area contributed by atoms with Crippen molar-refractivity contribution >= 4 is 34.8 Å². The molecular formula is C11H15N5OS2. The molecule has 0 bridgehead atoms. The highest BCUT2D eigenvalue weighted by Crippen LogP contribution is 2.30. The lowest BCUT2D eigenvalue weighted by Crippen LogP contribution is -2.47. The van der Waals surface area contributed by atoms with Gasteiger partial charge in [-0.2, -0.15) is 0 Å². The number of thiocarbonyl (C=S) groups is 1. The fourth-order valence-corrected chi connectivity index (χ4v) is 2.61. The summed E-state index contributed by atoms with van der Waals surface area (Å²) in [7, 11) is 5.29. The maximum absolute atomic E-state index is 12.4. The Labute approximate surface area is 121 Å². The van der Waals surface area contributed by atoms with Gasteiger partial charge >= 0.3 is 0 Å². The van der Waals surface area contributed by atoms with Gasteiger partial charge in [-0.25, -0.2) is 0 Å². The summed E-state index contributed by atoms with van der Waals surface area (Å²) in [5.74, 6) is -0.0580. The van der Waals surface area contributed by atoms with Gasteiger partial charge < -0.3 is 15.1 Å². The zero-order valence-corrected chi connectivity index (χ0v) is 12.8. The highest BCUT2D eigenvalue weighted by Gasteiger charge is 2.34. The Morgan fingerprint density at radius 1 is 1.58 bits per heavy atom. The molecular weight excluding hydrogens is 282 g/mol. The van der Waals surface area contributed by atoms with E-state index < -0.39 is 0 Å². The Bertz CT molecular complexity index is 537. The van der Waals surface area contributed by atoms with E-state index in [0.717, 1.165) is 5.70 Å². The van der Waals surface area contributed by atoms with Crippen LogP contribution in [0.2, 0.25) is 0 Å². The van der Waals surface area contributed by atoms with E-state index in [9.17, 15) is 4.79 Å². The average molecular weight is 297 g/mol. The number of aromatic nitrogens is 2. The molecule has 0 saturated carbocycles. The lowest BCUT2D eigenvalue weighted by Gasteiger charge is -2.35. The molecule has 19 heavy (non-hydrogen) atoms. The Hall–Kier alpha value is -1.54. The summed E-state index contributed by atoms with van der Waals surface area (Å²) in [6.07, 6.45) is 0. The van der Waals surface area contributed by atoms with Crippen LogP contribution < -0.4 is 5.32 Å². The van der Waals surface area contributed by atoms with Gasteiger partial charge in [-0.05, 0) is 30.7 Å². The van der Waals surface area contributed by atoms with Gasteiger partial charge in [-0.1, -0.05) is 4.49 Å². The minimum atomic E-state index is -0.336. The zero-order chi connectivity index (χ0) is 14.2. The van der Waals surface area contributed by atoms with Gasteiger partial charge in [0, 0.05) is 32.2 Å². The number of likely N-dealkylation sites (N-methyl/N-ethyl adjacent to an activating group) is 1. The van der Waals surface area contributed by atoms with Crippen molar-refractivity contribution in [2.24, 2.45) is 0 Å². The van der Waals surface area contributed by atoms with E-state index in [-0.39, 0.29) is 11.9 Å². The number of carbonyl (C=O) groups excluding carboxylic acids is 1. The number of hydrogen-bond donors (Lipinski definition) is 1. The molecule has 2 heterocycles. The molecule has 0 aliphatic carbocycles. The van der Waals surface area contributed by atoms with E-state index in [1.807, 2.05) is 19.4 Å². The second-order valence-electron chi connectivity index (χ2n) is 4.47. The molecule has 1 aliphatic heterocycles. The minimum Gasteiger partial charge on any atom is -0.349 e. The Balaban J connectivity index is 2.52. The van der Waals surface area contributed by atoms with Crippen LogP contribution in [0, 0.1) is 0 Å². The quantitative estimate of drug-likeness (QED) is 0.813. The number of carbonyl (C=O) groups is 1. The third-order valence-electron chi connectivity index (χ3n) is 3.06. The average Bonchev–Trinajstić information content (AvgIpc) is 2.88. The summed E-state index contributed by atoms with van der Waals surface area (Å²) < 4.78 is 3.85. The third-order valence-corrected chi connectivity index (χ3v) is 3.98. The van der Waals surface area contributed by atoms with Crippen LogP contribution in [-0.4, -0.2) is 51.5 Å². The number of amides is 1.